The minimum Gasteiger partial charge on any atom is -0.319 e. The average molecular weight is 286 g/mol. The maximum atomic E-state index is 4.46. The fourth-order valence-electron chi connectivity index (χ4n) is 3.52. The summed E-state index contributed by atoms with van der Waals surface area (Å²) in [4.78, 5) is 4.33. The molecule has 0 bridgehead atoms. The predicted octanol–water partition coefficient (Wildman–Crippen LogP) is 3.39. The molecule has 0 saturated carbocycles. The van der Waals surface area contributed by atoms with Gasteiger partial charge in [-0.15, -0.1) is 0 Å². The van der Waals surface area contributed by atoms with E-state index in [9.17, 15) is 0 Å². The zero-order valence-electron chi connectivity index (χ0n) is 12.1. The Morgan fingerprint density at radius 3 is 2.95 bits per heavy atom. The highest BCUT2D eigenvalue weighted by atomic mass is 15.2. The van der Waals surface area contributed by atoms with Crippen LogP contribution < -0.4 is 0 Å². The van der Waals surface area contributed by atoms with Crippen LogP contribution in [-0.2, 0) is 7.05 Å². The summed E-state index contributed by atoms with van der Waals surface area (Å²) in [5, 5.41) is 5.63. The van der Waals surface area contributed by atoms with Crippen molar-refractivity contribution in [2.75, 3.05) is 0 Å². The van der Waals surface area contributed by atoms with Gasteiger partial charge in [-0.2, -0.15) is 5.10 Å². The van der Waals surface area contributed by atoms with Crippen molar-refractivity contribution in [2.45, 2.75) is 6.04 Å². The van der Waals surface area contributed by atoms with Crippen molar-refractivity contribution >= 4 is 10.9 Å². The van der Waals surface area contributed by atoms with Gasteiger partial charge in [-0.3, -0.25) is 4.68 Å². The summed E-state index contributed by atoms with van der Waals surface area (Å²) in [5.74, 6) is 0. The Morgan fingerprint density at radius 2 is 2.00 bits per heavy atom. The van der Waals surface area contributed by atoms with Crippen LogP contribution in [0.25, 0.3) is 22.2 Å². The van der Waals surface area contributed by atoms with Crippen LogP contribution in [0.2, 0.25) is 0 Å². The van der Waals surface area contributed by atoms with Gasteiger partial charge in [-0.05, 0) is 23.3 Å². The van der Waals surface area contributed by atoms with E-state index in [-0.39, 0.29) is 6.04 Å². The smallest absolute Gasteiger partial charge is 0.0959 e. The van der Waals surface area contributed by atoms with Gasteiger partial charge >= 0.3 is 0 Å². The van der Waals surface area contributed by atoms with Crippen molar-refractivity contribution in [3.63, 3.8) is 0 Å². The van der Waals surface area contributed by atoms with Gasteiger partial charge in [0.25, 0.3) is 0 Å². The Kier molecular flexibility index (Phi) is 2.17. The number of hydrogen-bond donors (Lipinski definition) is 0. The van der Waals surface area contributed by atoms with Crippen LogP contribution in [0.15, 0.2) is 61.2 Å². The molecule has 3 heterocycles. The zero-order chi connectivity index (χ0) is 14.7. The van der Waals surface area contributed by atoms with Gasteiger partial charge in [0.1, 0.15) is 0 Å². The Labute approximate surface area is 127 Å². The lowest BCUT2D eigenvalue weighted by molar-refractivity contribution is 0.713. The van der Waals surface area contributed by atoms with Gasteiger partial charge in [0.05, 0.1) is 29.8 Å². The van der Waals surface area contributed by atoms with Gasteiger partial charge in [0.2, 0.25) is 0 Å². The molecular formula is C18H14N4. The summed E-state index contributed by atoms with van der Waals surface area (Å²) in [6, 6.07) is 15.3. The second kappa shape index (κ2) is 4.07. The summed E-state index contributed by atoms with van der Waals surface area (Å²) in [5.41, 5.74) is 6.10. The van der Waals surface area contributed by atoms with Crippen molar-refractivity contribution in [3.05, 3.63) is 72.3 Å². The molecule has 2 aromatic heterocycles. The van der Waals surface area contributed by atoms with Crippen molar-refractivity contribution in [1.29, 1.82) is 0 Å². The lowest BCUT2D eigenvalue weighted by Gasteiger charge is -2.15. The minimum atomic E-state index is 0.193. The summed E-state index contributed by atoms with van der Waals surface area (Å²) in [6.07, 6.45) is 5.93. The maximum absolute atomic E-state index is 4.46. The maximum Gasteiger partial charge on any atom is 0.0959 e. The fourth-order valence-corrected chi connectivity index (χ4v) is 3.52. The number of aryl methyl sites for hydroxylation is 1. The molecule has 5 rings (SSSR count). The number of benzene rings is 2. The number of imidazole rings is 1. The molecule has 0 amide bonds. The van der Waals surface area contributed by atoms with Crippen LogP contribution in [0.1, 0.15) is 17.2 Å². The van der Waals surface area contributed by atoms with Gasteiger partial charge in [-0.25, -0.2) is 4.98 Å². The van der Waals surface area contributed by atoms with Crippen molar-refractivity contribution in [1.82, 2.24) is 19.3 Å². The van der Waals surface area contributed by atoms with Gasteiger partial charge < -0.3 is 4.57 Å². The third-order valence-electron chi connectivity index (χ3n) is 4.43. The zero-order valence-corrected chi connectivity index (χ0v) is 12.1. The molecule has 1 atom stereocenters. The van der Waals surface area contributed by atoms with Gasteiger partial charge in [-0.1, -0.05) is 30.3 Å². The summed E-state index contributed by atoms with van der Waals surface area (Å²) in [7, 11) is 1.96. The highest BCUT2D eigenvalue weighted by Crippen LogP contribution is 2.42. The molecule has 2 aromatic carbocycles. The van der Waals surface area contributed by atoms with Gasteiger partial charge in [0, 0.05) is 24.2 Å². The van der Waals surface area contributed by atoms with E-state index in [1.807, 2.05) is 24.3 Å². The van der Waals surface area contributed by atoms with E-state index < -0.39 is 0 Å². The highest BCUT2D eigenvalue weighted by molar-refractivity contribution is 5.80. The Bertz CT molecular complexity index is 1010. The minimum absolute atomic E-state index is 0.193. The first-order chi connectivity index (χ1) is 10.8. The monoisotopic (exact) mass is 286 g/mol. The molecule has 106 valence electrons. The number of fused-ring (bicyclic) bond motifs is 4. The lowest BCUT2D eigenvalue weighted by Crippen LogP contribution is -2.06. The highest BCUT2D eigenvalue weighted by Gasteiger charge is 2.29. The fraction of sp³-hybridized carbons (Fsp3) is 0.111. The molecule has 22 heavy (non-hydrogen) atoms. The van der Waals surface area contributed by atoms with E-state index in [2.05, 4.69) is 63.3 Å². The Morgan fingerprint density at radius 1 is 1.09 bits per heavy atom. The van der Waals surface area contributed by atoms with Crippen molar-refractivity contribution in [2.24, 2.45) is 7.05 Å². The Hall–Kier alpha value is -2.88. The summed E-state index contributed by atoms with van der Waals surface area (Å²) < 4.78 is 4.11. The number of aromatic nitrogens is 4. The topological polar surface area (TPSA) is 35.6 Å². The van der Waals surface area contributed by atoms with Crippen LogP contribution >= 0.6 is 0 Å². The van der Waals surface area contributed by atoms with Crippen LogP contribution in [-0.4, -0.2) is 19.3 Å². The standard InChI is InChI=1S/C18H14N4/c1-21-10-13-8-12(6-7-16(13)20-21)18-15-5-3-2-4-14(15)17-9-19-11-22(17)18/h2-11,18H,1H3. The van der Waals surface area contributed by atoms with E-state index in [0.717, 1.165) is 5.52 Å². The summed E-state index contributed by atoms with van der Waals surface area (Å²) >= 11 is 0. The third-order valence-corrected chi connectivity index (χ3v) is 4.43. The number of rotatable bonds is 1. The lowest BCUT2D eigenvalue weighted by atomic mass is 9.96. The van der Waals surface area contributed by atoms with E-state index in [0.29, 0.717) is 0 Å². The molecule has 0 fully saturated rings. The van der Waals surface area contributed by atoms with Crippen LogP contribution in [0.4, 0.5) is 0 Å². The molecule has 4 heteroatoms. The second-order valence-corrected chi connectivity index (χ2v) is 5.80. The van der Waals surface area contributed by atoms with E-state index in [1.165, 1.54) is 27.8 Å². The van der Waals surface area contributed by atoms with Crippen molar-refractivity contribution < 1.29 is 0 Å². The first kappa shape index (κ1) is 11.7. The normalized spacial score (nSPS) is 16.0. The molecule has 0 radical (unpaired) electrons. The third kappa shape index (κ3) is 1.46. The molecule has 1 unspecified atom stereocenters. The summed E-state index contributed by atoms with van der Waals surface area (Å²) in [6.45, 7) is 0. The molecule has 4 nitrogen and oxygen atoms in total. The molecular weight excluding hydrogens is 272 g/mol. The average Bonchev–Trinajstić information content (AvgIpc) is 3.18. The largest absolute Gasteiger partial charge is 0.319 e. The Balaban J connectivity index is 1.77. The first-order valence-corrected chi connectivity index (χ1v) is 7.36. The van der Waals surface area contributed by atoms with E-state index in [1.54, 1.807) is 0 Å². The number of hydrogen-bond acceptors (Lipinski definition) is 2. The molecule has 1 aliphatic heterocycles. The predicted molar refractivity (Wildman–Crippen MR) is 85.6 cm³/mol. The van der Waals surface area contributed by atoms with E-state index in [4.69, 9.17) is 0 Å². The quantitative estimate of drug-likeness (QED) is 0.473. The van der Waals surface area contributed by atoms with Crippen LogP contribution in [0.5, 0.6) is 0 Å². The van der Waals surface area contributed by atoms with E-state index >= 15 is 0 Å². The van der Waals surface area contributed by atoms with Crippen LogP contribution in [0.3, 0.4) is 0 Å². The second-order valence-electron chi connectivity index (χ2n) is 5.80. The molecule has 0 spiro atoms. The van der Waals surface area contributed by atoms with Crippen molar-refractivity contribution in [3.8, 4) is 11.3 Å². The van der Waals surface area contributed by atoms with Gasteiger partial charge in [0.15, 0.2) is 0 Å². The molecule has 1 aliphatic rings. The van der Waals surface area contributed by atoms with Crippen LogP contribution in [0, 0.1) is 0 Å². The molecule has 0 aliphatic carbocycles. The molecule has 0 saturated heterocycles. The molecule has 4 aromatic rings. The molecule has 0 N–H and O–H groups in total. The number of nitrogens with zero attached hydrogens (tertiary/aromatic N) is 4. The first-order valence-electron chi connectivity index (χ1n) is 7.36. The SMILES string of the molecule is Cn1cc2cc(C3c4ccccc4-c4cncn43)ccc2n1.